The summed E-state index contributed by atoms with van der Waals surface area (Å²) in [6.45, 7) is 1.39. The molecule has 0 aromatic carbocycles. The molecule has 0 aliphatic carbocycles. The Balaban J connectivity index is 2.93. The van der Waals surface area contributed by atoms with Crippen LogP contribution in [0.25, 0.3) is 0 Å². The number of halogens is 1. The number of amides is 1. The fourth-order valence-corrected chi connectivity index (χ4v) is 1.19. The van der Waals surface area contributed by atoms with Crippen molar-refractivity contribution in [3.8, 4) is 0 Å². The average Bonchev–Trinajstić information content (AvgIpc) is 1.94. The van der Waals surface area contributed by atoms with Gasteiger partial charge in [-0.25, -0.2) is 10.1 Å². The van der Waals surface area contributed by atoms with E-state index in [0.29, 0.717) is 5.82 Å². The minimum atomic E-state index is -0.209. The van der Waals surface area contributed by atoms with Gasteiger partial charge in [-0.1, -0.05) is 4.73 Å². The second-order valence-corrected chi connectivity index (χ2v) is 3.50. The number of nitrogens with zero attached hydrogens (tertiary/aromatic N) is 1. The summed E-state index contributed by atoms with van der Waals surface area (Å²) in [5, 5.41) is 11.7. The number of hydrogen-bond acceptors (Lipinski definition) is 2. The summed E-state index contributed by atoms with van der Waals surface area (Å²) in [5.41, 5.74) is 0. The molecule has 0 spiro atoms. The molecule has 0 saturated carbocycles. The highest BCUT2D eigenvalue weighted by molar-refractivity contribution is 14.1. The Kier molecular flexibility index (Phi) is 2.85. The lowest BCUT2D eigenvalue weighted by atomic mass is 10.4. The average molecular weight is 279 g/mol. The second kappa shape index (κ2) is 3.70. The van der Waals surface area contributed by atoms with E-state index in [2.05, 4.69) is 27.9 Å². The molecule has 0 atom stereocenters. The first-order chi connectivity index (χ1) is 5.59. The van der Waals surface area contributed by atoms with Crippen LogP contribution in [0.4, 0.5) is 5.82 Å². The minimum absolute atomic E-state index is 0.209. The maximum atomic E-state index is 10.6. The van der Waals surface area contributed by atoms with Gasteiger partial charge in [-0.3, -0.25) is 0 Å². The second-order valence-electron chi connectivity index (χ2n) is 2.26. The van der Waals surface area contributed by atoms with Crippen LogP contribution in [0.3, 0.4) is 0 Å². The van der Waals surface area contributed by atoms with E-state index in [9.17, 15) is 10.0 Å². The number of nitrogens with one attached hydrogen (secondary N) is 1. The van der Waals surface area contributed by atoms with Gasteiger partial charge in [-0.05, 0) is 28.7 Å². The van der Waals surface area contributed by atoms with Gasteiger partial charge in [-0.2, -0.15) is 0 Å². The van der Waals surface area contributed by atoms with Gasteiger partial charge in [0.2, 0.25) is 0 Å². The Morgan fingerprint density at radius 1 is 1.67 bits per heavy atom. The number of anilines is 1. The third-order valence-corrected chi connectivity index (χ3v) is 1.84. The molecule has 1 aromatic rings. The molecular weight excluding hydrogens is 271 g/mol. The van der Waals surface area contributed by atoms with Crippen LogP contribution in [0.1, 0.15) is 6.92 Å². The van der Waals surface area contributed by atoms with Crippen molar-refractivity contribution < 1.29 is 14.7 Å². The van der Waals surface area contributed by atoms with Crippen LogP contribution < -0.4 is 10.0 Å². The van der Waals surface area contributed by atoms with Crippen LogP contribution in [-0.2, 0) is 4.79 Å². The molecule has 5 heteroatoms. The van der Waals surface area contributed by atoms with Crippen molar-refractivity contribution in [3.05, 3.63) is 21.9 Å². The Morgan fingerprint density at radius 3 is 2.83 bits per heavy atom. The zero-order valence-corrected chi connectivity index (χ0v) is 8.57. The van der Waals surface area contributed by atoms with Crippen LogP contribution in [0.2, 0.25) is 0 Å². The number of rotatable bonds is 1. The zero-order chi connectivity index (χ0) is 9.14. The lowest BCUT2D eigenvalue weighted by molar-refractivity contribution is -0.893. The van der Waals surface area contributed by atoms with Gasteiger partial charge >= 0.3 is 11.7 Å². The lowest BCUT2D eigenvalue weighted by Gasteiger charge is -1.96. The lowest BCUT2D eigenvalue weighted by Crippen LogP contribution is -2.35. The molecule has 0 aliphatic rings. The normalized spacial score (nSPS) is 9.50. The molecule has 2 N–H and O–H groups in total. The molecule has 4 nitrogen and oxygen atoms in total. The summed E-state index contributed by atoms with van der Waals surface area (Å²) < 4.78 is 1.77. The van der Waals surface area contributed by atoms with E-state index >= 15 is 0 Å². The minimum Gasteiger partial charge on any atom is -0.350 e. The van der Waals surface area contributed by atoms with Crippen molar-refractivity contribution in [1.29, 1.82) is 0 Å². The van der Waals surface area contributed by atoms with Crippen LogP contribution in [0.5, 0.6) is 0 Å². The quantitative estimate of drug-likeness (QED) is 0.453. The van der Waals surface area contributed by atoms with Crippen molar-refractivity contribution in [3.63, 3.8) is 0 Å². The maximum Gasteiger partial charge on any atom is 0.321 e. The van der Waals surface area contributed by atoms with E-state index in [1.807, 2.05) is 0 Å². The van der Waals surface area contributed by atoms with Crippen LogP contribution in [0.15, 0.2) is 18.3 Å². The summed E-state index contributed by atoms with van der Waals surface area (Å²) in [4.78, 5) is 10.6. The number of carbonyl (C=O) groups excluding carboxylic acids is 1. The van der Waals surface area contributed by atoms with Gasteiger partial charge in [0.05, 0.1) is 3.57 Å². The molecular formula is C7H8IN2O2+. The molecule has 1 amide bonds. The third-order valence-electron chi connectivity index (χ3n) is 1.20. The predicted molar refractivity (Wildman–Crippen MR) is 50.8 cm³/mol. The van der Waals surface area contributed by atoms with E-state index in [4.69, 9.17) is 0 Å². The topological polar surface area (TPSA) is 53.2 Å². The van der Waals surface area contributed by atoms with Gasteiger partial charge in [-0.15, -0.1) is 0 Å². The van der Waals surface area contributed by atoms with E-state index < -0.39 is 0 Å². The highest BCUT2D eigenvalue weighted by atomic mass is 127. The standard InChI is InChI=1S/C7H7IN2O2/c1-5(11)9-7-3-2-6(8)4-10(7)12/h2-4,12H,1H3/p+1. The summed E-state index contributed by atoms with van der Waals surface area (Å²) >= 11 is 2.06. The predicted octanol–water partition coefficient (Wildman–Crippen LogP) is 0.774. The van der Waals surface area contributed by atoms with E-state index in [-0.39, 0.29) is 5.91 Å². The van der Waals surface area contributed by atoms with Crippen LogP contribution in [-0.4, -0.2) is 11.1 Å². The Bertz CT molecular complexity index is 314. The van der Waals surface area contributed by atoms with Gasteiger partial charge in [0.1, 0.15) is 0 Å². The summed E-state index contributed by atoms with van der Waals surface area (Å²) in [6.07, 6.45) is 1.51. The molecule has 0 aliphatic heterocycles. The molecule has 1 aromatic heterocycles. The summed E-state index contributed by atoms with van der Waals surface area (Å²) in [5.74, 6) is 0.155. The monoisotopic (exact) mass is 279 g/mol. The molecule has 1 rings (SSSR count). The van der Waals surface area contributed by atoms with Crippen molar-refractivity contribution in [2.75, 3.05) is 5.32 Å². The highest BCUT2D eigenvalue weighted by Gasteiger charge is 2.09. The molecule has 12 heavy (non-hydrogen) atoms. The number of hydrogen-bond donors (Lipinski definition) is 2. The van der Waals surface area contributed by atoms with Crippen molar-refractivity contribution >= 4 is 34.3 Å². The van der Waals surface area contributed by atoms with Gasteiger partial charge in [0.25, 0.3) is 0 Å². The molecule has 64 valence electrons. The number of carbonyl (C=O) groups is 1. The fraction of sp³-hybridized carbons (Fsp3) is 0.143. The summed E-state index contributed by atoms with van der Waals surface area (Å²) in [7, 11) is 0. The first-order valence-electron chi connectivity index (χ1n) is 3.27. The Labute approximate surface area is 83.3 Å². The van der Waals surface area contributed by atoms with Gasteiger partial charge in [0, 0.05) is 13.0 Å². The molecule has 0 fully saturated rings. The SMILES string of the molecule is CC(=O)Nc1ccc(I)c[n+]1O. The number of aromatic nitrogens is 1. The Morgan fingerprint density at radius 2 is 2.33 bits per heavy atom. The zero-order valence-electron chi connectivity index (χ0n) is 6.41. The van der Waals surface area contributed by atoms with Crippen LogP contribution in [0, 0.1) is 3.57 Å². The van der Waals surface area contributed by atoms with E-state index in [0.717, 1.165) is 8.30 Å². The first kappa shape index (κ1) is 9.24. The maximum absolute atomic E-state index is 10.6. The molecule has 1 heterocycles. The Hall–Kier alpha value is -0.850. The smallest absolute Gasteiger partial charge is 0.321 e. The number of pyridine rings is 1. The van der Waals surface area contributed by atoms with Crippen molar-refractivity contribution in [2.45, 2.75) is 6.92 Å². The molecule has 0 saturated heterocycles. The third kappa shape index (κ3) is 2.33. The molecule has 0 bridgehead atoms. The summed E-state index contributed by atoms with van der Waals surface area (Å²) in [6, 6.07) is 3.42. The van der Waals surface area contributed by atoms with Gasteiger partial charge in [0.15, 0.2) is 6.20 Å². The van der Waals surface area contributed by atoms with E-state index in [1.54, 1.807) is 12.1 Å². The highest BCUT2D eigenvalue weighted by Crippen LogP contribution is 2.04. The molecule has 0 unspecified atom stereocenters. The van der Waals surface area contributed by atoms with Gasteiger partial charge < -0.3 is 5.21 Å². The van der Waals surface area contributed by atoms with Crippen molar-refractivity contribution in [2.24, 2.45) is 0 Å². The van der Waals surface area contributed by atoms with Crippen LogP contribution >= 0.6 is 22.6 Å². The largest absolute Gasteiger partial charge is 0.350 e. The first-order valence-corrected chi connectivity index (χ1v) is 4.35. The van der Waals surface area contributed by atoms with E-state index in [1.165, 1.54) is 13.1 Å². The fourth-order valence-electron chi connectivity index (χ4n) is 0.744. The molecule has 0 radical (unpaired) electrons. The van der Waals surface area contributed by atoms with Crippen molar-refractivity contribution in [1.82, 2.24) is 0 Å².